The number of rotatable bonds is 4. The minimum Gasteiger partial charge on any atom is -0.360 e. The number of aromatic amines is 1. The van der Waals surface area contributed by atoms with Crippen LogP contribution in [0.1, 0.15) is 44.3 Å². The van der Waals surface area contributed by atoms with Gasteiger partial charge in [-0.15, -0.1) is 0 Å². The third-order valence-corrected chi connectivity index (χ3v) is 7.00. The fraction of sp³-hybridized carbons (Fsp3) is 0.667. The Hall–Kier alpha value is -2.15. The van der Waals surface area contributed by atoms with Gasteiger partial charge in [0.15, 0.2) is 0 Å². The molecule has 0 unspecified atom stereocenters. The normalized spacial score (nSPS) is 34.7. The Bertz CT molecular complexity index is 784. The Balaban J connectivity index is 1.37. The van der Waals surface area contributed by atoms with Crippen molar-refractivity contribution in [3.63, 3.8) is 0 Å². The lowest BCUT2D eigenvalue weighted by atomic mass is 9.76. The van der Waals surface area contributed by atoms with Gasteiger partial charge in [-0.1, -0.05) is 37.8 Å². The molecule has 5 rings (SSSR count). The molecule has 4 aliphatic rings. The molecule has 3 aliphatic heterocycles. The Morgan fingerprint density at radius 2 is 2.14 bits per heavy atom. The van der Waals surface area contributed by atoms with Crippen molar-refractivity contribution in [3.05, 3.63) is 30.4 Å². The largest absolute Gasteiger partial charge is 0.360 e. The zero-order valence-corrected chi connectivity index (χ0v) is 16.3. The molecule has 1 aliphatic carbocycles. The molecular weight excluding hydrogens is 356 g/mol. The van der Waals surface area contributed by atoms with Crippen LogP contribution in [0.2, 0.25) is 0 Å². The van der Waals surface area contributed by atoms with E-state index in [1.165, 1.54) is 25.7 Å². The third-order valence-electron chi connectivity index (χ3n) is 7.00. The SMILES string of the molecule is CN(Cc1ncc[nH]1)C(=O)[C@@H]1[C@@H]2C=C[C@@]3(CN(C4CCCCCC4)C(=O)[C@@H]13)O2. The molecule has 1 spiro atoms. The second-order valence-corrected chi connectivity index (χ2v) is 8.74. The van der Waals surface area contributed by atoms with E-state index in [1.54, 1.807) is 24.3 Å². The maximum Gasteiger partial charge on any atom is 0.230 e. The zero-order chi connectivity index (χ0) is 19.3. The van der Waals surface area contributed by atoms with Gasteiger partial charge in [0.05, 0.1) is 31.0 Å². The summed E-state index contributed by atoms with van der Waals surface area (Å²) in [6.07, 6.45) is 14.2. The van der Waals surface area contributed by atoms with E-state index in [9.17, 15) is 9.59 Å². The zero-order valence-electron chi connectivity index (χ0n) is 16.3. The van der Waals surface area contributed by atoms with E-state index in [0.717, 1.165) is 18.7 Å². The lowest BCUT2D eigenvalue weighted by molar-refractivity contribution is -0.143. The van der Waals surface area contributed by atoms with Crippen LogP contribution in [0.4, 0.5) is 0 Å². The van der Waals surface area contributed by atoms with Crippen molar-refractivity contribution >= 4 is 11.8 Å². The molecule has 2 amide bonds. The van der Waals surface area contributed by atoms with Gasteiger partial charge in [0.25, 0.3) is 0 Å². The fourth-order valence-electron chi connectivity index (χ4n) is 5.63. The summed E-state index contributed by atoms with van der Waals surface area (Å²) in [5, 5.41) is 0. The fourth-order valence-corrected chi connectivity index (χ4v) is 5.63. The van der Waals surface area contributed by atoms with Crippen molar-refractivity contribution in [2.45, 2.75) is 62.8 Å². The summed E-state index contributed by atoms with van der Waals surface area (Å²) in [5.74, 6) is -0.00857. The highest BCUT2D eigenvalue weighted by molar-refractivity contribution is 5.93. The first kappa shape index (κ1) is 17.9. The maximum atomic E-state index is 13.5. The minimum absolute atomic E-state index is 0.0336. The molecule has 28 heavy (non-hydrogen) atoms. The number of likely N-dealkylation sites (tertiary alicyclic amines) is 1. The Labute approximate surface area is 165 Å². The molecule has 7 heteroatoms. The van der Waals surface area contributed by atoms with Crippen molar-refractivity contribution < 1.29 is 14.3 Å². The van der Waals surface area contributed by atoms with Gasteiger partial charge in [0.1, 0.15) is 11.4 Å². The van der Waals surface area contributed by atoms with Gasteiger partial charge >= 0.3 is 0 Å². The van der Waals surface area contributed by atoms with Gasteiger partial charge in [-0.2, -0.15) is 0 Å². The Morgan fingerprint density at radius 3 is 2.86 bits per heavy atom. The summed E-state index contributed by atoms with van der Waals surface area (Å²) >= 11 is 0. The van der Waals surface area contributed by atoms with E-state index in [2.05, 4.69) is 9.97 Å². The number of carbonyl (C=O) groups is 2. The lowest BCUT2D eigenvalue weighted by Crippen LogP contribution is -2.45. The average molecular weight is 384 g/mol. The molecule has 4 atom stereocenters. The molecule has 2 saturated heterocycles. The molecule has 0 aromatic carbocycles. The number of fused-ring (bicyclic) bond motifs is 1. The summed E-state index contributed by atoms with van der Waals surface area (Å²) in [7, 11) is 1.77. The molecule has 1 saturated carbocycles. The van der Waals surface area contributed by atoms with Gasteiger partial charge in [0.2, 0.25) is 11.8 Å². The van der Waals surface area contributed by atoms with E-state index >= 15 is 0 Å². The number of imidazole rings is 1. The van der Waals surface area contributed by atoms with Crippen LogP contribution in [-0.2, 0) is 20.9 Å². The number of amides is 2. The van der Waals surface area contributed by atoms with Gasteiger partial charge in [-0.05, 0) is 12.8 Å². The van der Waals surface area contributed by atoms with Crippen molar-refractivity contribution in [1.29, 1.82) is 0 Å². The van der Waals surface area contributed by atoms with Gasteiger partial charge in [-0.3, -0.25) is 9.59 Å². The van der Waals surface area contributed by atoms with Crippen LogP contribution < -0.4 is 0 Å². The van der Waals surface area contributed by atoms with Gasteiger partial charge < -0.3 is 19.5 Å². The standard InChI is InChI=1S/C21H28N4O3/c1-24(12-16-22-10-11-23-16)19(26)17-15-8-9-21(28-15)13-25(20(27)18(17)21)14-6-4-2-3-5-7-14/h8-11,14-15,17-18H,2-7,12-13H2,1H3,(H,22,23)/t15-,17+,18+,21-/m0/s1. The van der Waals surface area contributed by atoms with E-state index in [4.69, 9.17) is 4.74 Å². The number of nitrogens with zero attached hydrogens (tertiary/aromatic N) is 3. The molecular formula is C21H28N4O3. The first-order valence-electron chi connectivity index (χ1n) is 10.5. The van der Waals surface area contributed by atoms with Gasteiger partial charge in [0, 0.05) is 25.5 Å². The molecule has 4 heterocycles. The summed E-state index contributed by atoms with van der Waals surface area (Å²) in [4.78, 5) is 37.7. The average Bonchev–Trinajstić information content (AvgIpc) is 3.41. The second kappa shape index (κ2) is 6.72. The van der Waals surface area contributed by atoms with Crippen molar-refractivity contribution in [1.82, 2.24) is 19.8 Å². The third kappa shape index (κ3) is 2.70. The molecule has 1 N–H and O–H groups in total. The summed E-state index contributed by atoms with van der Waals surface area (Å²) in [5.41, 5.74) is -0.611. The number of nitrogens with one attached hydrogen (secondary N) is 1. The van der Waals surface area contributed by atoms with E-state index in [0.29, 0.717) is 19.1 Å². The first-order chi connectivity index (χ1) is 13.6. The lowest BCUT2D eigenvalue weighted by Gasteiger charge is -2.30. The second-order valence-electron chi connectivity index (χ2n) is 8.74. The van der Waals surface area contributed by atoms with Crippen molar-refractivity contribution in [2.24, 2.45) is 11.8 Å². The predicted molar refractivity (Wildman–Crippen MR) is 102 cm³/mol. The quantitative estimate of drug-likeness (QED) is 0.635. The number of hydrogen-bond donors (Lipinski definition) is 1. The molecule has 1 aromatic rings. The molecule has 0 radical (unpaired) electrons. The highest BCUT2D eigenvalue weighted by atomic mass is 16.5. The predicted octanol–water partition coefficient (Wildman–Crippen LogP) is 1.87. The number of ether oxygens (including phenoxy) is 1. The minimum atomic E-state index is -0.611. The van der Waals surface area contributed by atoms with Gasteiger partial charge in [-0.25, -0.2) is 4.98 Å². The van der Waals surface area contributed by atoms with Crippen LogP contribution in [0.3, 0.4) is 0 Å². The molecule has 7 nitrogen and oxygen atoms in total. The highest BCUT2D eigenvalue weighted by Gasteiger charge is 2.67. The summed E-state index contributed by atoms with van der Waals surface area (Å²) in [6.45, 7) is 0.999. The Morgan fingerprint density at radius 1 is 1.36 bits per heavy atom. The Kier molecular flexibility index (Phi) is 4.30. The van der Waals surface area contributed by atoms with Crippen LogP contribution in [0.25, 0.3) is 0 Å². The summed E-state index contributed by atoms with van der Waals surface area (Å²) in [6, 6.07) is 0.294. The van der Waals surface area contributed by atoms with Crippen LogP contribution >= 0.6 is 0 Å². The van der Waals surface area contributed by atoms with Crippen LogP contribution in [0.15, 0.2) is 24.5 Å². The topological polar surface area (TPSA) is 78.5 Å². The van der Waals surface area contributed by atoms with E-state index in [-0.39, 0.29) is 17.9 Å². The van der Waals surface area contributed by atoms with Crippen molar-refractivity contribution in [2.75, 3.05) is 13.6 Å². The van der Waals surface area contributed by atoms with Crippen LogP contribution in [0, 0.1) is 11.8 Å². The number of aromatic nitrogens is 2. The molecule has 2 bridgehead atoms. The monoisotopic (exact) mass is 384 g/mol. The highest BCUT2D eigenvalue weighted by Crippen LogP contribution is 2.53. The summed E-state index contributed by atoms with van der Waals surface area (Å²) < 4.78 is 6.28. The maximum absolute atomic E-state index is 13.5. The smallest absolute Gasteiger partial charge is 0.230 e. The number of hydrogen-bond acceptors (Lipinski definition) is 4. The molecule has 1 aromatic heterocycles. The van der Waals surface area contributed by atoms with E-state index < -0.39 is 17.4 Å². The first-order valence-corrected chi connectivity index (χ1v) is 10.5. The van der Waals surface area contributed by atoms with E-state index in [1.807, 2.05) is 17.1 Å². The molecule has 3 fully saturated rings. The number of carbonyl (C=O) groups excluding carboxylic acids is 2. The molecule has 150 valence electrons. The van der Waals surface area contributed by atoms with Crippen LogP contribution in [-0.4, -0.2) is 62.9 Å². The van der Waals surface area contributed by atoms with Crippen LogP contribution in [0.5, 0.6) is 0 Å². The number of H-pyrrole nitrogens is 1. The van der Waals surface area contributed by atoms with Crippen molar-refractivity contribution in [3.8, 4) is 0 Å².